The Labute approximate surface area is 170 Å². The third-order valence-corrected chi connectivity index (χ3v) is 4.53. The Bertz CT molecular complexity index is 810. The van der Waals surface area contributed by atoms with Crippen LogP contribution in [0.4, 0.5) is 5.69 Å². The summed E-state index contributed by atoms with van der Waals surface area (Å²) in [6.07, 6.45) is 3.78. The number of halogens is 1. The molecule has 2 aromatic rings. The van der Waals surface area contributed by atoms with Gasteiger partial charge in [-0.2, -0.15) is 5.10 Å². The van der Waals surface area contributed by atoms with Gasteiger partial charge in [0.1, 0.15) is 12.4 Å². The van der Waals surface area contributed by atoms with Crippen LogP contribution < -0.4 is 20.7 Å². The number of amides is 2. The zero-order valence-electron chi connectivity index (χ0n) is 16.0. The van der Waals surface area contributed by atoms with Gasteiger partial charge in [0.15, 0.2) is 0 Å². The van der Waals surface area contributed by atoms with Crippen LogP contribution in [0.3, 0.4) is 0 Å². The molecule has 1 aromatic carbocycles. The Morgan fingerprint density at radius 2 is 2.18 bits per heavy atom. The molecule has 152 valence electrons. The largest absolute Gasteiger partial charge is 0.492 e. The van der Waals surface area contributed by atoms with Gasteiger partial charge in [-0.05, 0) is 17.7 Å². The van der Waals surface area contributed by atoms with Crippen molar-refractivity contribution in [1.82, 2.24) is 20.4 Å². The Morgan fingerprint density at radius 3 is 2.89 bits per heavy atom. The number of aromatic nitrogens is 2. The lowest BCUT2D eigenvalue weighted by Gasteiger charge is -2.17. The van der Waals surface area contributed by atoms with Crippen LogP contribution in [0.5, 0.6) is 5.75 Å². The summed E-state index contributed by atoms with van der Waals surface area (Å²) in [7, 11) is 1.87. The first-order valence-corrected chi connectivity index (χ1v) is 9.00. The highest BCUT2D eigenvalue weighted by Crippen LogP contribution is 2.27. The minimum absolute atomic E-state index is 0. The lowest BCUT2D eigenvalue weighted by atomic mass is 9.90. The molecule has 1 fully saturated rings. The molecule has 0 unspecified atom stereocenters. The van der Waals surface area contributed by atoms with Crippen molar-refractivity contribution in [3.05, 3.63) is 42.2 Å². The average Bonchev–Trinajstić information content (AvgIpc) is 3.27. The minimum Gasteiger partial charge on any atom is -0.492 e. The van der Waals surface area contributed by atoms with Crippen molar-refractivity contribution in [3.8, 4) is 5.75 Å². The van der Waals surface area contributed by atoms with Gasteiger partial charge in [0, 0.05) is 50.9 Å². The molecule has 0 radical (unpaired) electrons. The Balaban J connectivity index is 0.00000280. The number of nitrogens with zero attached hydrogens (tertiary/aromatic N) is 2. The molecule has 2 atom stereocenters. The predicted molar refractivity (Wildman–Crippen MR) is 109 cm³/mol. The maximum absolute atomic E-state index is 12.5. The van der Waals surface area contributed by atoms with E-state index < -0.39 is 0 Å². The zero-order chi connectivity index (χ0) is 19.2. The lowest BCUT2D eigenvalue weighted by Crippen LogP contribution is -2.36. The van der Waals surface area contributed by atoms with Gasteiger partial charge in [-0.1, -0.05) is 6.07 Å². The van der Waals surface area contributed by atoms with Gasteiger partial charge in [-0.15, -0.1) is 12.4 Å². The number of nitrogens with one attached hydrogen (secondary N) is 3. The smallest absolute Gasteiger partial charge is 0.225 e. The van der Waals surface area contributed by atoms with Crippen LogP contribution in [-0.2, 0) is 16.6 Å². The SMILES string of the molecule is CC(=O)Nc1cccc(OCCNC(=O)[C@H]2CNC[C@@H]2c2cnn(C)c2)c1.Cl. The molecule has 1 aromatic heterocycles. The molecule has 2 heterocycles. The highest BCUT2D eigenvalue weighted by atomic mass is 35.5. The number of anilines is 1. The highest BCUT2D eigenvalue weighted by molar-refractivity contribution is 5.88. The lowest BCUT2D eigenvalue weighted by molar-refractivity contribution is -0.125. The van der Waals surface area contributed by atoms with Crippen molar-refractivity contribution in [1.29, 1.82) is 0 Å². The van der Waals surface area contributed by atoms with Gasteiger partial charge in [0.2, 0.25) is 11.8 Å². The van der Waals surface area contributed by atoms with Gasteiger partial charge in [0.05, 0.1) is 18.7 Å². The standard InChI is InChI=1S/C19H25N5O3.ClH/c1-13(25)23-15-4-3-5-16(8-15)27-7-6-21-19(26)18-11-20-10-17(18)14-9-22-24(2)12-14;/h3-5,8-9,12,17-18,20H,6-7,10-11H2,1-2H3,(H,21,26)(H,23,25);1H/t17-,18+;/m1./s1. The molecule has 9 heteroatoms. The van der Waals surface area contributed by atoms with E-state index >= 15 is 0 Å². The molecular weight excluding hydrogens is 382 g/mol. The van der Waals surface area contributed by atoms with Crippen LogP contribution in [0, 0.1) is 5.92 Å². The van der Waals surface area contributed by atoms with Crippen LogP contribution >= 0.6 is 12.4 Å². The molecule has 1 aliphatic heterocycles. The maximum Gasteiger partial charge on any atom is 0.225 e. The van der Waals surface area contributed by atoms with Gasteiger partial charge in [0.25, 0.3) is 0 Å². The second-order valence-corrected chi connectivity index (χ2v) is 6.67. The summed E-state index contributed by atoms with van der Waals surface area (Å²) < 4.78 is 7.42. The molecule has 0 saturated carbocycles. The predicted octanol–water partition coefficient (Wildman–Crippen LogP) is 1.30. The van der Waals surface area contributed by atoms with Crippen molar-refractivity contribution in [2.24, 2.45) is 13.0 Å². The first kappa shape index (κ1) is 21.7. The van der Waals surface area contributed by atoms with Crippen LogP contribution in [0.2, 0.25) is 0 Å². The molecule has 8 nitrogen and oxygen atoms in total. The second-order valence-electron chi connectivity index (χ2n) is 6.67. The number of rotatable bonds is 7. The molecule has 28 heavy (non-hydrogen) atoms. The van der Waals surface area contributed by atoms with Crippen LogP contribution in [0.15, 0.2) is 36.7 Å². The van der Waals surface area contributed by atoms with Crippen molar-refractivity contribution >= 4 is 29.9 Å². The normalized spacial score (nSPS) is 18.2. The number of carbonyl (C=O) groups is 2. The van der Waals surface area contributed by atoms with E-state index in [1.165, 1.54) is 6.92 Å². The molecular formula is C19H26ClN5O3. The highest BCUT2D eigenvalue weighted by Gasteiger charge is 2.34. The summed E-state index contributed by atoms with van der Waals surface area (Å²) in [5.41, 5.74) is 1.76. The van der Waals surface area contributed by atoms with Crippen LogP contribution in [0.1, 0.15) is 18.4 Å². The molecule has 3 rings (SSSR count). The molecule has 2 amide bonds. The third kappa shape index (κ3) is 5.71. The maximum atomic E-state index is 12.5. The summed E-state index contributed by atoms with van der Waals surface area (Å²) >= 11 is 0. The van der Waals surface area contributed by atoms with Gasteiger partial charge in [-0.25, -0.2) is 0 Å². The summed E-state index contributed by atoms with van der Waals surface area (Å²) in [6.45, 7) is 3.66. The van der Waals surface area contributed by atoms with Gasteiger partial charge >= 0.3 is 0 Å². The van der Waals surface area contributed by atoms with Gasteiger partial charge < -0.3 is 20.7 Å². The average molecular weight is 408 g/mol. The topological polar surface area (TPSA) is 97.3 Å². The molecule has 0 spiro atoms. The third-order valence-electron chi connectivity index (χ3n) is 4.53. The number of aryl methyl sites for hydroxylation is 1. The molecule has 1 saturated heterocycles. The van der Waals surface area contributed by atoms with E-state index in [0.29, 0.717) is 31.1 Å². The number of benzene rings is 1. The van der Waals surface area contributed by atoms with E-state index in [1.54, 1.807) is 16.8 Å². The van der Waals surface area contributed by atoms with Crippen LogP contribution in [0.25, 0.3) is 0 Å². The summed E-state index contributed by atoms with van der Waals surface area (Å²) in [5.74, 6) is 0.551. The Kier molecular flexibility index (Phi) is 7.83. The fourth-order valence-electron chi connectivity index (χ4n) is 3.28. The fourth-order valence-corrected chi connectivity index (χ4v) is 3.28. The first-order valence-electron chi connectivity index (χ1n) is 9.00. The second kappa shape index (κ2) is 10.1. The fraction of sp³-hybridized carbons (Fsp3) is 0.421. The monoisotopic (exact) mass is 407 g/mol. The van der Waals surface area contributed by atoms with Crippen molar-refractivity contribution < 1.29 is 14.3 Å². The first-order chi connectivity index (χ1) is 13.0. The van der Waals surface area contributed by atoms with E-state index in [9.17, 15) is 9.59 Å². The molecule has 3 N–H and O–H groups in total. The quantitative estimate of drug-likeness (QED) is 0.601. The van der Waals surface area contributed by atoms with E-state index in [4.69, 9.17) is 4.74 Å². The van der Waals surface area contributed by atoms with E-state index in [2.05, 4.69) is 21.0 Å². The van der Waals surface area contributed by atoms with Crippen LogP contribution in [-0.4, -0.2) is 47.8 Å². The van der Waals surface area contributed by atoms with Crippen molar-refractivity contribution in [2.75, 3.05) is 31.6 Å². The number of ether oxygens (including phenoxy) is 1. The van der Waals surface area contributed by atoms with E-state index in [-0.39, 0.29) is 36.1 Å². The number of hydrogen-bond donors (Lipinski definition) is 3. The Hall–Kier alpha value is -2.58. The molecule has 1 aliphatic rings. The zero-order valence-corrected chi connectivity index (χ0v) is 16.8. The minimum atomic E-state index is -0.132. The van der Waals surface area contributed by atoms with E-state index in [1.807, 2.05) is 31.6 Å². The summed E-state index contributed by atoms with van der Waals surface area (Å²) in [6, 6.07) is 7.17. The van der Waals surface area contributed by atoms with Crippen molar-refractivity contribution in [3.63, 3.8) is 0 Å². The van der Waals surface area contributed by atoms with E-state index in [0.717, 1.165) is 12.1 Å². The summed E-state index contributed by atoms with van der Waals surface area (Å²) in [5, 5.41) is 13.1. The molecule has 0 bridgehead atoms. The number of carbonyl (C=O) groups excluding carboxylic acids is 2. The Morgan fingerprint density at radius 1 is 1.36 bits per heavy atom. The summed E-state index contributed by atoms with van der Waals surface area (Å²) in [4.78, 5) is 23.6. The van der Waals surface area contributed by atoms with Crippen molar-refractivity contribution in [2.45, 2.75) is 12.8 Å². The molecule has 0 aliphatic carbocycles. The van der Waals surface area contributed by atoms with Gasteiger partial charge in [-0.3, -0.25) is 14.3 Å². The number of hydrogen-bond acceptors (Lipinski definition) is 5.